The first-order valence-electron chi connectivity index (χ1n) is 7.02. The highest BCUT2D eigenvalue weighted by Gasteiger charge is 2.05. The second-order valence-corrected chi connectivity index (χ2v) is 6.10. The van der Waals surface area contributed by atoms with Crippen LogP contribution in [0.1, 0.15) is 32.6 Å². The summed E-state index contributed by atoms with van der Waals surface area (Å²) in [5.74, 6) is -0.707. The van der Waals surface area contributed by atoms with Crippen molar-refractivity contribution in [2.75, 3.05) is 0 Å². The van der Waals surface area contributed by atoms with Gasteiger partial charge in [-0.1, -0.05) is 19.1 Å². The topological polar surface area (TPSA) is 58.2 Å². The van der Waals surface area contributed by atoms with E-state index in [1.165, 1.54) is 11.0 Å². The van der Waals surface area contributed by atoms with Crippen LogP contribution in [0.5, 0.6) is 0 Å². The predicted molar refractivity (Wildman–Crippen MR) is 89.5 cm³/mol. The molecule has 0 aliphatic carbocycles. The molecule has 2 amide bonds. The van der Waals surface area contributed by atoms with Crippen molar-refractivity contribution < 1.29 is 9.59 Å². The lowest BCUT2D eigenvalue weighted by Crippen LogP contribution is -2.40. The summed E-state index contributed by atoms with van der Waals surface area (Å²) in [4.78, 5) is 25.7. The lowest BCUT2D eigenvalue weighted by Gasteiger charge is -2.05. The molecule has 114 valence electrons. The molecule has 2 rings (SSSR count). The van der Waals surface area contributed by atoms with E-state index < -0.39 is 0 Å². The van der Waals surface area contributed by atoms with Crippen molar-refractivity contribution in [3.63, 3.8) is 0 Å². The van der Waals surface area contributed by atoms with E-state index >= 15 is 0 Å². The standard InChI is InChI=1S/C17H18N2O2S/c1-3-13-5-7-14(8-6-13)17(21)19-18-16(20)11-10-15-9-4-12(2)22-15/h4-11H,3H2,1-2H3,(H,18,20)(H,19,21)/b11-10+. The first-order valence-corrected chi connectivity index (χ1v) is 7.84. The van der Waals surface area contributed by atoms with Crippen molar-refractivity contribution in [1.29, 1.82) is 0 Å². The number of benzene rings is 1. The Hall–Kier alpha value is -2.40. The predicted octanol–water partition coefficient (Wildman–Crippen LogP) is 3.09. The molecule has 0 spiro atoms. The number of hydrogen-bond acceptors (Lipinski definition) is 3. The third-order valence-corrected chi connectivity index (χ3v) is 4.05. The van der Waals surface area contributed by atoms with E-state index in [1.807, 2.05) is 31.2 Å². The van der Waals surface area contributed by atoms with E-state index in [0.29, 0.717) is 5.56 Å². The zero-order valence-corrected chi connectivity index (χ0v) is 13.4. The van der Waals surface area contributed by atoms with E-state index in [0.717, 1.165) is 16.9 Å². The SMILES string of the molecule is CCc1ccc(C(=O)NNC(=O)/C=C/c2ccc(C)s2)cc1. The highest BCUT2D eigenvalue weighted by atomic mass is 32.1. The van der Waals surface area contributed by atoms with Gasteiger partial charge in [0.2, 0.25) is 0 Å². The first kappa shape index (κ1) is 16.0. The Morgan fingerprint density at radius 3 is 2.41 bits per heavy atom. The van der Waals surface area contributed by atoms with Crippen molar-refractivity contribution in [3.05, 3.63) is 63.4 Å². The van der Waals surface area contributed by atoms with Gasteiger partial charge in [0.05, 0.1) is 0 Å². The largest absolute Gasteiger partial charge is 0.269 e. The van der Waals surface area contributed by atoms with Gasteiger partial charge in [-0.15, -0.1) is 11.3 Å². The van der Waals surface area contributed by atoms with Crippen LogP contribution in [0.15, 0.2) is 42.5 Å². The molecule has 0 radical (unpaired) electrons. The van der Waals surface area contributed by atoms with Gasteiger partial charge in [0, 0.05) is 21.4 Å². The summed E-state index contributed by atoms with van der Waals surface area (Å²) in [5.41, 5.74) is 6.43. The quantitative estimate of drug-likeness (QED) is 0.673. The number of thiophene rings is 1. The van der Waals surface area contributed by atoms with Crippen LogP contribution in [0.2, 0.25) is 0 Å². The van der Waals surface area contributed by atoms with Crippen LogP contribution in [0.25, 0.3) is 6.08 Å². The molecule has 0 saturated carbocycles. The molecule has 0 unspecified atom stereocenters. The average Bonchev–Trinajstić information content (AvgIpc) is 2.96. The second kappa shape index (κ2) is 7.56. The minimum Gasteiger partial charge on any atom is -0.268 e. The van der Waals surface area contributed by atoms with Crippen molar-refractivity contribution in [2.45, 2.75) is 20.3 Å². The minimum atomic E-state index is -0.371. The maximum absolute atomic E-state index is 11.9. The van der Waals surface area contributed by atoms with Gasteiger partial charge in [-0.2, -0.15) is 0 Å². The van der Waals surface area contributed by atoms with E-state index in [2.05, 4.69) is 17.8 Å². The number of aryl methyl sites for hydroxylation is 2. The molecule has 2 aromatic rings. The molecule has 1 aromatic heterocycles. The molecule has 1 heterocycles. The smallest absolute Gasteiger partial charge is 0.268 e. The first-order chi connectivity index (χ1) is 10.6. The molecule has 0 fully saturated rings. The molecule has 1 aromatic carbocycles. The van der Waals surface area contributed by atoms with E-state index in [4.69, 9.17) is 0 Å². The van der Waals surface area contributed by atoms with Crippen molar-refractivity contribution in [2.24, 2.45) is 0 Å². The van der Waals surface area contributed by atoms with Gasteiger partial charge in [-0.05, 0) is 49.2 Å². The Labute approximate surface area is 133 Å². The molecule has 0 aliphatic rings. The maximum atomic E-state index is 11.9. The summed E-state index contributed by atoms with van der Waals surface area (Å²) in [6.07, 6.45) is 4.03. The Morgan fingerprint density at radius 2 is 1.82 bits per heavy atom. The van der Waals surface area contributed by atoms with Crippen LogP contribution < -0.4 is 10.9 Å². The van der Waals surface area contributed by atoms with Crippen LogP contribution in [0.4, 0.5) is 0 Å². The summed E-state index contributed by atoms with van der Waals surface area (Å²) in [5, 5.41) is 0. The van der Waals surface area contributed by atoms with E-state index in [9.17, 15) is 9.59 Å². The fourth-order valence-electron chi connectivity index (χ4n) is 1.82. The van der Waals surface area contributed by atoms with Gasteiger partial charge in [0.25, 0.3) is 11.8 Å². The average molecular weight is 314 g/mol. The Balaban J connectivity index is 1.84. The van der Waals surface area contributed by atoms with Crippen molar-refractivity contribution in [1.82, 2.24) is 10.9 Å². The molecule has 0 aliphatic heterocycles. The molecule has 0 atom stereocenters. The van der Waals surface area contributed by atoms with Gasteiger partial charge in [0.1, 0.15) is 0 Å². The normalized spacial score (nSPS) is 10.6. The maximum Gasteiger partial charge on any atom is 0.269 e. The summed E-state index contributed by atoms with van der Waals surface area (Å²) >= 11 is 1.60. The third kappa shape index (κ3) is 4.56. The highest BCUT2D eigenvalue weighted by molar-refractivity contribution is 7.12. The van der Waals surface area contributed by atoms with Gasteiger partial charge >= 0.3 is 0 Å². The van der Waals surface area contributed by atoms with Crippen molar-refractivity contribution >= 4 is 29.2 Å². The second-order valence-electron chi connectivity index (χ2n) is 4.78. The van der Waals surface area contributed by atoms with Gasteiger partial charge in [0.15, 0.2) is 0 Å². The zero-order chi connectivity index (χ0) is 15.9. The molecule has 0 bridgehead atoms. The molecular formula is C17H18N2O2S. The number of hydrazine groups is 1. The van der Waals surface area contributed by atoms with E-state index in [1.54, 1.807) is 29.5 Å². The lowest BCUT2D eigenvalue weighted by atomic mass is 10.1. The number of carbonyl (C=O) groups is 2. The minimum absolute atomic E-state index is 0.337. The monoisotopic (exact) mass is 314 g/mol. The van der Waals surface area contributed by atoms with Crippen LogP contribution in [0.3, 0.4) is 0 Å². The Bertz CT molecular complexity index is 687. The van der Waals surface area contributed by atoms with Crippen LogP contribution >= 0.6 is 11.3 Å². The molecule has 4 nitrogen and oxygen atoms in total. The summed E-state index contributed by atoms with van der Waals surface area (Å²) in [7, 11) is 0. The number of amides is 2. The lowest BCUT2D eigenvalue weighted by molar-refractivity contribution is -0.117. The highest BCUT2D eigenvalue weighted by Crippen LogP contribution is 2.16. The van der Waals surface area contributed by atoms with Gasteiger partial charge < -0.3 is 0 Å². The van der Waals surface area contributed by atoms with Gasteiger partial charge in [-0.3, -0.25) is 20.4 Å². The fraction of sp³-hybridized carbons (Fsp3) is 0.176. The molecule has 0 saturated heterocycles. The fourth-order valence-corrected chi connectivity index (χ4v) is 2.60. The van der Waals surface area contributed by atoms with Crippen LogP contribution in [-0.2, 0) is 11.2 Å². The number of carbonyl (C=O) groups excluding carboxylic acids is 2. The Kier molecular flexibility index (Phi) is 5.49. The number of nitrogens with one attached hydrogen (secondary N) is 2. The zero-order valence-electron chi connectivity index (χ0n) is 12.6. The van der Waals surface area contributed by atoms with Crippen LogP contribution in [0, 0.1) is 6.92 Å². The number of hydrogen-bond donors (Lipinski definition) is 2. The summed E-state index contributed by atoms with van der Waals surface area (Å²) in [6, 6.07) is 11.2. The molecular weight excluding hydrogens is 296 g/mol. The molecule has 5 heteroatoms. The van der Waals surface area contributed by atoms with Gasteiger partial charge in [-0.25, -0.2) is 0 Å². The Morgan fingerprint density at radius 1 is 1.09 bits per heavy atom. The van der Waals surface area contributed by atoms with E-state index in [-0.39, 0.29) is 11.8 Å². The van der Waals surface area contributed by atoms with Crippen molar-refractivity contribution in [3.8, 4) is 0 Å². The molecule has 2 N–H and O–H groups in total. The summed E-state index contributed by atoms with van der Waals surface area (Å²) in [6.45, 7) is 4.06. The number of rotatable bonds is 4. The molecule has 22 heavy (non-hydrogen) atoms. The third-order valence-electron chi connectivity index (χ3n) is 3.08. The van der Waals surface area contributed by atoms with Crippen LogP contribution in [-0.4, -0.2) is 11.8 Å². The summed E-state index contributed by atoms with van der Waals surface area (Å²) < 4.78 is 0.